The number of hydrogen-bond donors (Lipinski definition) is 0. The average molecular weight is 339 g/mol. The molecule has 0 bridgehead atoms. The molecule has 106 valence electrons. The lowest BCUT2D eigenvalue weighted by atomic mass is 10.3. The molecule has 2 rings (SSSR count). The van der Waals surface area contributed by atoms with Gasteiger partial charge in [0.15, 0.2) is 4.17 Å². The van der Waals surface area contributed by atoms with E-state index in [1.807, 2.05) is 0 Å². The summed E-state index contributed by atoms with van der Waals surface area (Å²) in [6.45, 7) is 0. The molecule has 0 atom stereocenters. The number of nitrogens with zero attached hydrogens (tertiary/aromatic N) is 4. The van der Waals surface area contributed by atoms with Crippen molar-refractivity contribution >= 4 is 40.7 Å². The summed E-state index contributed by atoms with van der Waals surface area (Å²) in [4.78, 5) is 21.2. The molecule has 1 aromatic heterocycles. The maximum Gasteiger partial charge on any atom is 0.380 e. The number of non-ortho nitro benzene ring substituents is 1. The Morgan fingerprint density at radius 2 is 1.95 bits per heavy atom. The number of thioether (sulfide) groups is 1. The summed E-state index contributed by atoms with van der Waals surface area (Å²) in [5.41, 5.74) is -1.01. The predicted octanol–water partition coefficient (Wildman–Crippen LogP) is 2.53. The summed E-state index contributed by atoms with van der Waals surface area (Å²) < 4.78 is 13.2. The zero-order chi connectivity index (χ0) is 14.9. The first-order valence-electron chi connectivity index (χ1n) is 4.98. The monoisotopic (exact) mass is 338 g/mol. The fourth-order valence-electron chi connectivity index (χ4n) is 1.43. The van der Waals surface area contributed by atoms with Crippen LogP contribution >= 0.6 is 35.0 Å². The van der Waals surface area contributed by atoms with Gasteiger partial charge in [-0.1, -0.05) is 27.7 Å². The minimum absolute atomic E-state index is 0.0682. The van der Waals surface area contributed by atoms with Crippen LogP contribution in [-0.2, 0) is 0 Å². The largest absolute Gasteiger partial charge is 0.380 e. The lowest BCUT2D eigenvalue weighted by Gasteiger charge is -2.04. The molecule has 0 amide bonds. The first-order chi connectivity index (χ1) is 9.40. The normalized spacial score (nSPS) is 11.0. The van der Waals surface area contributed by atoms with Crippen molar-refractivity contribution in [2.24, 2.45) is 0 Å². The van der Waals surface area contributed by atoms with Crippen molar-refractivity contribution in [3.8, 4) is 5.69 Å². The van der Waals surface area contributed by atoms with Crippen LogP contribution in [0.2, 0.25) is 0 Å². The highest BCUT2D eigenvalue weighted by Gasteiger charge is 2.18. The third-order valence-corrected chi connectivity index (χ3v) is 3.41. The number of rotatable bonds is 4. The quantitative estimate of drug-likeness (QED) is 0.370. The molecule has 0 aliphatic carbocycles. The number of hydrogen-bond acceptors (Lipinski definition) is 5. The van der Waals surface area contributed by atoms with Gasteiger partial charge in [-0.05, 0) is 28.8 Å². The SMILES string of the molecule is O=c1n(F)nc(SC(Cl)Cl)n1-c1ccc([N+](=O)[O-])cc1. The Hall–Kier alpha value is -1.58. The van der Waals surface area contributed by atoms with E-state index in [4.69, 9.17) is 23.2 Å². The molecular weight excluding hydrogens is 334 g/mol. The Morgan fingerprint density at radius 3 is 2.45 bits per heavy atom. The summed E-state index contributed by atoms with van der Waals surface area (Å²) in [6.07, 6.45) is 0. The van der Waals surface area contributed by atoms with E-state index in [9.17, 15) is 19.4 Å². The molecule has 0 saturated carbocycles. The van der Waals surface area contributed by atoms with Crippen LogP contribution in [0.5, 0.6) is 0 Å². The Labute approximate surface area is 125 Å². The molecule has 0 spiro atoms. The van der Waals surface area contributed by atoms with Gasteiger partial charge in [0.2, 0.25) is 5.16 Å². The molecule has 0 fully saturated rings. The van der Waals surface area contributed by atoms with E-state index in [2.05, 4.69) is 5.10 Å². The van der Waals surface area contributed by atoms with Crippen LogP contribution in [-0.4, -0.2) is 23.7 Å². The van der Waals surface area contributed by atoms with Crippen LogP contribution in [0, 0.1) is 10.1 Å². The summed E-state index contributed by atoms with van der Waals surface area (Å²) >= 11 is 11.9. The Balaban J connectivity index is 2.51. The second-order valence-electron chi connectivity index (χ2n) is 3.41. The maximum absolute atomic E-state index is 13.2. The van der Waals surface area contributed by atoms with Crippen LogP contribution in [0.4, 0.5) is 10.2 Å². The highest BCUT2D eigenvalue weighted by molar-refractivity contribution is 8.02. The van der Waals surface area contributed by atoms with Gasteiger partial charge in [0.05, 0.1) is 10.6 Å². The minimum Gasteiger partial charge on any atom is -0.258 e. The molecule has 0 N–H and O–H groups in total. The van der Waals surface area contributed by atoms with Gasteiger partial charge < -0.3 is 0 Å². The van der Waals surface area contributed by atoms with E-state index in [0.29, 0.717) is 0 Å². The molecule has 2 aromatic rings. The van der Waals surface area contributed by atoms with E-state index < -0.39 is 14.8 Å². The third-order valence-electron chi connectivity index (χ3n) is 2.23. The average Bonchev–Trinajstić information content (AvgIpc) is 2.64. The molecule has 0 aliphatic rings. The van der Waals surface area contributed by atoms with Crippen molar-refractivity contribution in [3.63, 3.8) is 0 Å². The molecule has 0 aliphatic heterocycles. The molecule has 0 saturated heterocycles. The van der Waals surface area contributed by atoms with Gasteiger partial charge >= 0.3 is 5.69 Å². The molecule has 1 aromatic carbocycles. The van der Waals surface area contributed by atoms with Crippen LogP contribution in [0.25, 0.3) is 5.69 Å². The van der Waals surface area contributed by atoms with Gasteiger partial charge in [-0.25, -0.2) is 9.36 Å². The minimum atomic E-state index is -1.06. The Kier molecular flexibility index (Phi) is 4.31. The van der Waals surface area contributed by atoms with E-state index >= 15 is 0 Å². The van der Waals surface area contributed by atoms with Crippen molar-refractivity contribution in [1.82, 2.24) is 14.6 Å². The van der Waals surface area contributed by atoms with E-state index in [0.717, 1.165) is 16.3 Å². The van der Waals surface area contributed by atoms with Crippen molar-refractivity contribution < 1.29 is 9.40 Å². The van der Waals surface area contributed by atoms with Gasteiger partial charge in [-0.2, -0.15) is 0 Å². The lowest BCUT2D eigenvalue weighted by Crippen LogP contribution is -2.19. The number of nitro groups is 1. The molecule has 11 heteroatoms. The topological polar surface area (TPSA) is 83.0 Å². The second-order valence-corrected chi connectivity index (χ2v) is 6.10. The number of nitro benzene ring substituents is 1. The highest BCUT2D eigenvalue weighted by atomic mass is 35.5. The van der Waals surface area contributed by atoms with Gasteiger partial charge in [-0.3, -0.25) is 10.1 Å². The molecule has 0 radical (unpaired) electrons. The van der Waals surface area contributed by atoms with Gasteiger partial charge in [0, 0.05) is 12.1 Å². The first kappa shape index (κ1) is 14.8. The van der Waals surface area contributed by atoms with E-state index in [1.165, 1.54) is 24.3 Å². The van der Waals surface area contributed by atoms with Crippen LogP contribution in [0.1, 0.15) is 0 Å². The second kappa shape index (κ2) is 5.81. The molecule has 7 nitrogen and oxygen atoms in total. The third kappa shape index (κ3) is 2.94. The fourth-order valence-corrected chi connectivity index (χ4v) is 2.47. The summed E-state index contributed by atoms with van der Waals surface area (Å²) in [7, 11) is 0. The van der Waals surface area contributed by atoms with Gasteiger partial charge in [0.25, 0.3) is 5.69 Å². The highest BCUT2D eigenvalue weighted by Crippen LogP contribution is 2.28. The Bertz CT molecular complexity index is 700. The zero-order valence-electron chi connectivity index (χ0n) is 9.44. The molecular formula is C9H5Cl2FN4O3S. The number of alkyl halides is 2. The van der Waals surface area contributed by atoms with E-state index in [-0.39, 0.29) is 21.4 Å². The van der Waals surface area contributed by atoms with Crippen molar-refractivity contribution in [1.29, 1.82) is 0 Å². The van der Waals surface area contributed by atoms with Gasteiger partial charge in [0.1, 0.15) is 0 Å². The predicted molar refractivity (Wildman–Crippen MR) is 72.3 cm³/mol. The van der Waals surface area contributed by atoms with Crippen molar-refractivity contribution in [3.05, 3.63) is 44.9 Å². The fraction of sp³-hybridized carbons (Fsp3) is 0.111. The van der Waals surface area contributed by atoms with Crippen LogP contribution < -0.4 is 5.69 Å². The summed E-state index contributed by atoms with van der Waals surface area (Å²) in [5, 5.41) is 13.8. The lowest BCUT2D eigenvalue weighted by molar-refractivity contribution is -0.384. The van der Waals surface area contributed by atoms with E-state index in [1.54, 1.807) is 0 Å². The standard InChI is InChI=1S/C9H5Cl2FN4O3S/c10-7(11)20-8-13-15(12)9(17)14(8)5-1-3-6(4-2-5)16(18)19/h1-4,7H. The summed E-state index contributed by atoms with van der Waals surface area (Å²) in [6, 6.07) is 4.96. The molecule has 20 heavy (non-hydrogen) atoms. The Morgan fingerprint density at radius 1 is 1.35 bits per heavy atom. The summed E-state index contributed by atoms with van der Waals surface area (Å²) in [5.74, 6) is 0. The van der Waals surface area contributed by atoms with Gasteiger partial charge in [-0.15, -0.1) is 5.10 Å². The van der Waals surface area contributed by atoms with Crippen molar-refractivity contribution in [2.75, 3.05) is 0 Å². The maximum atomic E-state index is 13.2. The first-order valence-corrected chi connectivity index (χ1v) is 6.73. The van der Waals surface area contributed by atoms with Crippen molar-refractivity contribution in [2.45, 2.75) is 9.32 Å². The smallest absolute Gasteiger partial charge is 0.258 e. The molecule has 0 unspecified atom stereocenters. The zero-order valence-corrected chi connectivity index (χ0v) is 11.8. The number of halogens is 3. The van der Waals surface area contributed by atoms with Crippen LogP contribution in [0.15, 0.2) is 34.2 Å². The number of aromatic nitrogens is 3. The van der Waals surface area contributed by atoms with Crippen LogP contribution in [0.3, 0.4) is 0 Å². The molecule has 1 heterocycles. The number of benzene rings is 1.